The van der Waals surface area contributed by atoms with Crippen molar-refractivity contribution in [2.24, 2.45) is 17.8 Å². The van der Waals surface area contributed by atoms with Crippen molar-refractivity contribution >= 4 is 5.97 Å². The summed E-state index contributed by atoms with van der Waals surface area (Å²) in [4.78, 5) is 11.6. The summed E-state index contributed by atoms with van der Waals surface area (Å²) in [5.74, 6) is 0.434. The molecule has 2 nitrogen and oxygen atoms in total. The van der Waals surface area contributed by atoms with Gasteiger partial charge in [0.25, 0.3) is 0 Å². The molecule has 0 saturated heterocycles. The molecule has 0 bridgehead atoms. The van der Waals surface area contributed by atoms with Crippen LogP contribution in [0.25, 0.3) is 0 Å². The SMILES string of the molecule is CCCCCCCCC(C)C(CCCCCCCC(C)C)C(=O)O. The summed E-state index contributed by atoms with van der Waals surface area (Å²) in [6, 6.07) is 0. The van der Waals surface area contributed by atoms with Crippen LogP contribution in [0.2, 0.25) is 0 Å². The third-order valence-corrected chi connectivity index (χ3v) is 5.31. The van der Waals surface area contributed by atoms with Crippen molar-refractivity contribution < 1.29 is 9.90 Å². The maximum absolute atomic E-state index is 11.6. The van der Waals surface area contributed by atoms with Gasteiger partial charge in [-0.1, -0.05) is 105 Å². The molecule has 0 amide bonds. The van der Waals surface area contributed by atoms with Crippen LogP contribution in [0.4, 0.5) is 0 Å². The number of hydrogen-bond donors (Lipinski definition) is 1. The molecule has 0 heterocycles. The normalized spacial score (nSPS) is 14.0. The second-order valence-electron chi connectivity index (χ2n) is 8.22. The Hall–Kier alpha value is -0.530. The van der Waals surface area contributed by atoms with Gasteiger partial charge in [0.1, 0.15) is 0 Å². The number of carboxylic acid groups (broad SMARTS) is 1. The summed E-state index contributed by atoms with van der Waals surface area (Å²) in [7, 11) is 0. The van der Waals surface area contributed by atoms with Crippen LogP contribution in [0.15, 0.2) is 0 Å². The maximum atomic E-state index is 11.6. The van der Waals surface area contributed by atoms with E-state index < -0.39 is 5.97 Å². The third kappa shape index (κ3) is 13.9. The molecule has 0 aromatic heterocycles. The van der Waals surface area contributed by atoms with Crippen molar-refractivity contribution in [1.29, 1.82) is 0 Å². The molecule has 144 valence electrons. The highest BCUT2D eigenvalue weighted by Crippen LogP contribution is 2.25. The van der Waals surface area contributed by atoms with Crippen molar-refractivity contribution in [3.05, 3.63) is 0 Å². The molecule has 1 N–H and O–H groups in total. The van der Waals surface area contributed by atoms with Gasteiger partial charge in [0.15, 0.2) is 0 Å². The molecular formula is C22H44O2. The number of unbranched alkanes of at least 4 members (excludes halogenated alkanes) is 9. The van der Waals surface area contributed by atoms with Crippen molar-refractivity contribution in [1.82, 2.24) is 0 Å². The standard InChI is InChI=1S/C22H44O2/c1-5-6-7-8-11-14-17-20(4)21(22(23)24)18-15-12-9-10-13-16-19(2)3/h19-21H,5-18H2,1-4H3,(H,23,24). The highest BCUT2D eigenvalue weighted by molar-refractivity contribution is 5.70. The molecule has 24 heavy (non-hydrogen) atoms. The minimum atomic E-state index is -0.576. The van der Waals surface area contributed by atoms with Gasteiger partial charge in [-0.05, 0) is 24.7 Å². The lowest BCUT2D eigenvalue weighted by atomic mass is 9.85. The van der Waals surface area contributed by atoms with E-state index in [9.17, 15) is 9.90 Å². The largest absolute Gasteiger partial charge is 0.481 e. The molecule has 0 radical (unpaired) electrons. The second kappa shape index (κ2) is 16.0. The van der Waals surface area contributed by atoms with Gasteiger partial charge < -0.3 is 5.11 Å². The first-order valence-corrected chi connectivity index (χ1v) is 10.7. The lowest BCUT2D eigenvalue weighted by molar-refractivity contribution is -0.143. The predicted octanol–water partition coefficient (Wildman–Crippen LogP) is 7.46. The monoisotopic (exact) mass is 340 g/mol. The van der Waals surface area contributed by atoms with E-state index in [0.29, 0.717) is 5.92 Å². The van der Waals surface area contributed by atoms with Crippen molar-refractivity contribution in [2.45, 2.75) is 118 Å². The van der Waals surface area contributed by atoms with Gasteiger partial charge in [0.05, 0.1) is 5.92 Å². The van der Waals surface area contributed by atoms with Gasteiger partial charge in [0, 0.05) is 0 Å². The predicted molar refractivity (Wildman–Crippen MR) is 105 cm³/mol. The molecule has 0 aliphatic carbocycles. The van der Waals surface area contributed by atoms with Crippen molar-refractivity contribution in [3.8, 4) is 0 Å². The Balaban J connectivity index is 3.76. The number of aliphatic carboxylic acids is 1. The van der Waals surface area contributed by atoms with Crippen LogP contribution in [0.5, 0.6) is 0 Å². The first kappa shape index (κ1) is 23.5. The fraction of sp³-hybridized carbons (Fsp3) is 0.955. The van der Waals surface area contributed by atoms with Crippen molar-refractivity contribution in [3.63, 3.8) is 0 Å². The van der Waals surface area contributed by atoms with Crippen LogP contribution in [-0.2, 0) is 4.79 Å². The van der Waals surface area contributed by atoms with E-state index in [1.54, 1.807) is 0 Å². The lowest BCUT2D eigenvalue weighted by Crippen LogP contribution is -2.21. The van der Waals surface area contributed by atoms with Crippen LogP contribution in [-0.4, -0.2) is 11.1 Å². The van der Waals surface area contributed by atoms with E-state index in [1.165, 1.54) is 70.6 Å². The van der Waals surface area contributed by atoms with E-state index in [1.807, 2.05) is 0 Å². The third-order valence-electron chi connectivity index (χ3n) is 5.31. The van der Waals surface area contributed by atoms with Gasteiger partial charge in [0.2, 0.25) is 0 Å². The van der Waals surface area contributed by atoms with Crippen LogP contribution in [0, 0.1) is 17.8 Å². The van der Waals surface area contributed by atoms with E-state index in [-0.39, 0.29) is 5.92 Å². The Labute approximate surface area is 151 Å². The van der Waals surface area contributed by atoms with Gasteiger partial charge in [-0.15, -0.1) is 0 Å². The fourth-order valence-corrected chi connectivity index (χ4v) is 3.55. The molecule has 2 unspecified atom stereocenters. The molecule has 0 aromatic rings. The number of carboxylic acids is 1. The van der Waals surface area contributed by atoms with Gasteiger partial charge in [-0.2, -0.15) is 0 Å². The van der Waals surface area contributed by atoms with Gasteiger partial charge in [-0.3, -0.25) is 4.79 Å². The maximum Gasteiger partial charge on any atom is 0.306 e. The smallest absolute Gasteiger partial charge is 0.306 e. The highest BCUT2D eigenvalue weighted by Gasteiger charge is 2.23. The number of hydrogen-bond acceptors (Lipinski definition) is 1. The molecule has 0 fully saturated rings. The Bertz CT molecular complexity index is 286. The number of carbonyl (C=O) groups is 1. The summed E-state index contributed by atoms with van der Waals surface area (Å²) in [5.41, 5.74) is 0. The average molecular weight is 341 g/mol. The molecule has 0 aliphatic rings. The molecular weight excluding hydrogens is 296 g/mol. The van der Waals surface area contributed by atoms with E-state index in [0.717, 1.165) is 25.2 Å². The highest BCUT2D eigenvalue weighted by atomic mass is 16.4. The zero-order chi connectivity index (χ0) is 18.2. The first-order chi connectivity index (χ1) is 11.5. The molecule has 2 atom stereocenters. The quantitative estimate of drug-likeness (QED) is 0.279. The minimum Gasteiger partial charge on any atom is -0.481 e. The Morgan fingerprint density at radius 3 is 1.67 bits per heavy atom. The average Bonchev–Trinajstić information content (AvgIpc) is 2.52. The Morgan fingerprint density at radius 1 is 0.708 bits per heavy atom. The minimum absolute atomic E-state index is 0.128. The molecule has 0 rings (SSSR count). The van der Waals surface area contributed by atoms with Crippen LogP contribution >= 0.6 is 0 Å². The van der Waals surface area contributed by atoms with E-state index in [2.05, 4.69) is 27.7 Å². The van der Waals surface area contributed by atoms with Crippen LogP contribution < -0.4 is 0 Å². The molecule has 2 heteroatoms. The first-order valence-electron chi connectivity index (χ1n) is 10.7. The molecule has 0 spiro atoms. The summed E-state index contributed by atoms with van der Waals surface area (Å²) in [5, 5.41) is 9.52. The Kier molecular flexibility index (Phi) is 15.6. The fourth-order valence-electron chi connectivity index (χ4n) is 3.55. The zero-order valence-corrected chi connectivity index (χ0v) is 17.0. The lowest BCUT2D eigenvalue weighted by Gasteiger charge is -2.20. The number of rotatable bonds is 17. The zero-order valence-electron chi connectivity index (χ0n) is 17.0. The summed E-state index contributed by atoms with van der Waals surface area (Å²) in [6.45, 7) is 8.95. The molecule has 0 aromatic carbocycles. The summed E-state index contributed by atoms with van der Waals surface area (Å²) in [6.07, 6.45) is 17.2. The molecule has 0 aliphatic heterocycles. The summed E-state index contributed by atoms with van der Waals surface area (Å²) < 4.78 is 0. The molecule has 0 saturated carbocycles. The summed E-state index contributed by atoms with van der Waals surface area (Å²) >= 11 is 0. The van der Waals surface area contributed by atoms with Gasteiger partial charge in [-0.25, -0.2) is 0 Å². The topological polar surface area (TPSA) is 37.3 Å². The van der Waals surface area contributed by atoms with Gasteiger partial charge >= 0.3 is 5.97 Å². The Morgan fingerprint density at radius 2 is 1.17 bits per heavy atom. The van der Waals surface area contributed by atoms with E-state index >= 15 is 0 Å². The van der Waals surface area contributed by atoms with Crippen LogP contribution in [0.3, 0.4) is 0 Å². The second-order valence-corrected chi connectivity index (χ2v) is 8.22. The van der Waals surface area contributed by atoms with Crippen LogP contribution in [0.1, 0.15) is 118 Å². The van der Waals surface area contributed by atoms with Crippen molar-refractivity contribution in [2.75, 3.05) is 0 Å². The van der Waals surface area contributed by atoms with E-state index in [4.69, 9.17) is 0 Å².